The number of hydrogen-bond acceptors (Lipinski definition) is 4. The lowest BCUT2D eigenvalue weighted by Crippen LogP contribution is -2.53. The van der Waals surface area contributed by atoms with Gasteiger partial charge in [-0.05, 0) is 47.0 Å². The number of likely N-dealkylation sites (tertiary alicyclic amines) is 1. The van der Waals surface area contributed by atoms with Crippen LogP contribution in [0.25, 0.3) is 0 Å². The molecule has 0 atom stereocenters. The zero-order chi connectivity index (χ0) is 14.8. The van der Waals surface area contributed by atoms with Crippen LogP contribution in [0.4, 0.5) is 4.79 Å². The number of amides is 1. The molecule has 1 fully saturated rings. The third-order valence-corrected chi connectivity index (χ3v) is 3.15. The number of hydrogen-bond donors (Lipinski definition) is 0. The van der Waals surface area contributed by atoms with Crippen molar-refractivity contribution in [1.82, 2.24) is 4.90 Å². The molecule has 0 bridgehead atoms. The third-order valence-electron chi connectivity index (χ3n) is 3.15. The number of esters is 1. The molecule has 1 heterocycles. The van der Waals surface area contributed by atoms with Crippen molar-refractivity contribution in [2.45, 2.75) is 46.6 Å². The van der Waals surface area contributed by atoms with Gasteiger partial charge >= 0.3 is 12.1 Å². The van der Waals surface area contributed by atoms with Crippen LogP contribution in [0.3, 0.4) is 0 Å². The largest absolute Gasteiger partial charge is 0.469 e. The molecule has 0 N–H and O–H groups in total. The number of rotatable bonds is 3. The first kappa shape index (κ1) is 15.8. The third kappa shape index (κ3) is 4.40. The van der Waals surface area contributed by atoms with Crippen molar-refractivity contribution in [2.75, 3.05) is 20.2 Å². The molecule has 0 aliphatic carbocycles. The molecule has 0 radical (unpaired) electrons. The molecular formula is C14H25NO4. The van der Waals surface area contributed by atoms with E-state index in [1.807, 2.05) is 34.6 Å². The summed E-state index contributed by atoms with van der Waals surface area (Å²) in [7, 11) is 1.40. The molecule has 0 aromatic rings. The summed E-state index contributed by atoms with van der Waals surface area (Å²) in [4.78, 5) is 25.0. The zero-order valence-corrected chi connectivity index (χ0v) is 12.8. The van der Waals surface area contributed by atoms with Crippen LogP contribution in [0.2, 0.25) is 0 Å². The lowest BCUT2D eigenvalue weighted by molar-refractivity contribution is -0.152. The quantitative estimate of drug-likeness (QED) is 0.740. The van der Waals surface area contributed by atoms with Crippen LogP contribution in [0.1, 0.15) is 41.0 Å². The van der Waals surface area contributed by atoms with Crippen molar-refractivity contribution in [3.8, 4) is 0 Å². The molecule has 0 aromatic carbocycles. The van der Waals surface area contributed by atoms with Gasteiger partial charge in [-0.3, -0.25) is 4.79 Å². The Bertz CT molecular complexity index is 351. The van der Waals surface area contributed by atoms with E-state index >= 15 is 0 Å². The van der Waals surface area contributed by atoms with Crippen LogP contribution >= 0.6 is 0 Å². The van der Waals surface area contributed by atoms with Gasteiger partial charge in [-0.2, -0.15) is 0 Å². The summed E-state index contributed by atoms with van der Waals surface area (Å²) in [5.41, 5.74) is -0.965. The fraction of sp³-hybridized carbons (Fsp3) is 0.857. The molecule has 1 amide bonds. The Morgan fingerprint density at radius 2 is 1.68 bits per heavy atom. The van der Waals surface area contributed by atoms with E-state index in [1.54, 1.807) is 4.90 Å². The molecule has 5 heteroatoms. The first-order valence-electron chi connectivity index (χ1n) is 6.61. The molecular weight excluding hydrogens is 246 g/mol. The van der Waals surface area contributed by atoms with Gasteiger partial charge in [0.1, 0.15) is 5.60 Å². The highest BCUT2D eigenvalue weighted by molar-refractivity contribution is 5.75. The molecule has 1 rings (SSSR count). The number of methoxy groups -OCH3 is 1. The predicted octanol–water partition coefficient (Wildman–Crippen LogP) is 2.44. The number of carbonyl (C=O) groups excluding carboxylic acids is 2. The Balaban J connectivity index is 2.38. The highest BCUT2D eigenvalue weighted by atomic mass is 16.6. The summed E-state index contributed by atoms with van der Waals surface area (Å²) >= 11 is 0. The van der Waals surface area contributed by atoms with Crippen molar-refractivity contribution in [3.05, 3.63) is 0 Å². The number of carbonyl (C=O) groups is 2. The van der Waals surface area contributed by atoms with Gasteiger partial charge < -0.3 is 14.4 Å². The van der Waals surface area contributed by atoms with Crippen LogP contribution in [0.5, 0.6) is 0 Å². The molecule has 0 saturated carbocycles. The first-order chi connectivity index (χ1) is 8.55. The summed E-state index contributed by atoms with van der Waals surface area (Å²) < 4.78 is 10.1. The van der Waals surface area contributed by atoms with E-state index in [1.165, 1.54) is 7.11 Å². The summed E-state index contributed by atoms with van der Waals surface area (Å²) in [6.07, 6.45) is 0.443. The SMILES string of the molecule is COC(=O)C(C)(C)CC1CN(C(=O)OC(C)(C)C)C1. The van der Waals surface area contributed by atoms with Crippen LogP contribution in [0.15, 0.2) is 0 Å². The van der Waals surface area contributed by atoms with Crippen molar-refractivity contribution in [3.63, 3.8) is 0 Å². The summed E-state index contributed by atoms with van der Waals surface area (Å²) in [5, 5.41) is 0. The van der Waals surface area contributed by atoms with Gasteiger partial charge in [0.25, 0.3) is 0 Å². The second kappa shape index (κ2) is 5.39. The van der Waals surface area contributed by atoms with Gasteiger partial charge in [0.2, 0.25) is 0 Å². The number of ether oxygens (including phenoxy) is 2. The van der Waals surface area contributed by atoms with E-state index in [4.69, 9.17) is 9.47 Å². The summed E-state index contributed by atoms with van der Waals surface area (Å²) in [6, 6.07) is 0. The van der Waals surface area contributed by atoms with Crippen molar-refractivity contribution >= 4 is 12.1 Å². The fourth-order valence-electron chi connectivity index (χ4n) is 2.26. The van der Waals surface area contributed by atoms with Crippen LogP contribution in [0, 0.1) is 11.3 Å². The maximum atomic E-state index is 11.8. The summed E-state index contributed by atoms with van der Waals surface area (Å²) in [6.45, 7) is 10.6. The average Bonchev–Trinajstić information content (AvgIpc) is 2.18. The Morgan fingerprint density at radius 1 is 1.16 bits per heavy atom. The van der Waals surface area contributed by atoms with Crippen LogP contribution in [-0.2, 0) is 14.3 Å². The maximum Gasteiger partial charge on any atom is 0.410 e. The minimum absolute atomic E-state index is 0.205. The van der Waals surface area contributed by atoms with Gasteiger partial charge in [0.15, 0.2) is 0 Å². The second-order valence-corrected chi connectivity index (χ2v) is 6.83. The van der Waals surface area contributed by atoms with Crippen LogP contribution in [-0.4, -0.2) is 42.8 Å². The van der Waals surface area contributed by atoms with Gasteiger partial charge in [-0.15, -0.1) is 0 Å². The highest BCUT2D eigenvalue weighted by Gasteiger charge is 2.39. The first-order valence-corrected chi connectivity index (χ1v) is 6.61. The Labute approximate surface area is 115 Å². The van der Waals surface area contributed by atoms with E-state index < -0.39 is 11.0 Å². The lowest BCUT2D eigenvalue weighted by atomic mass is 9.80. The zero-order valence-electron chi connectivity index (χ0n) is 12.8. The molecule has 1 aliphatic rings. The van der Waals surface area contributed by atoms with E-state index in [2.05, 4.69) is 0 Å². The van der Waals surface area contributed by atoms with E-state index in [0.717, 1.165) is 6.42 Å². The van der Waals surface area contributed by atoms with Crippen LogP contribution < -0.4 is 0 Å². The van der Waals surface area contributed by atoms with Crippen molar-refractivity contribution < 1.29 is 19.1 Å². The molecule has 0 unspecified atom stereocenters. The minimum Gasteiger partial charge on any atom is -0.469 e. The standard InChI is InChI=1S/C14H25NO4/c1-13(2,3)19-12(17)15-8-10(9-15)7-14(4,5)11(16)18-6/h10H,7-9H2,1-6H3. The van der Waals surface area contributed by atoms with Gasteiger partial charge in [0, 0.05) is 13.1 Å². The summed E-state index contributed by atoms with van der Waals surface area (Å²) in [5.74, 6) is 0.129. The Hall–Kier alpha value is -1.26. The normalized spacial score (nSPS) is 16.8. The van der Waals surface area contributed by atoms with E-state index in [-0.39, 0.29) is 12.1 Å². The minimum atomic E-state index is -0.501. The molecule has 1 aliphatic heterocycles. The molecule has 0 aromatic heterocycles. The van der Waals surface area contributed by atoms with E-state index in [0.29, 0.717) is 19.0 Å². The molecule has 0 spiro atoms. The maximum absolute atomic E-state index is 11.8. The topological polar surface area (TPSA) is 55.8 Å². The van der Waals surface area contributed by atoms with Gasteiger partial charge in [0.05, 0.1) is 12.5 Å². The molecule has 110 valence electrons. The van der Waals surface area contributed by atoms with Crippen molar-refractivity contribution in [1.29, 1.82) is 0 Å². The van der Waals surface area contributed by atoms with E-state index in [9.17, 15) is 9.59 Å². The highest BCUT2D eigenvalue weighted by Crippen LogP contribution is 2.32. The van der Waals surface area contributed by atoms with Crippen molar-refractivity contribution in [2.24, 2.45) is 11.3 Å². The molecule has 19 heavy (non-hydrogen) atoms. The molecule has 5 nitrogen and oxygen atoms in total. The number of nitrogens with zero attached hydrogens (tertiary/aromatic N) is 1. The fourth-order valence-corrected chi connectivity index (χ4v) is 2.26. The predicted molar refractivity (Wildman–Crippen MR) is 71.7 cm³/mol. The molecule has 1 saturated heterocycles. The Morgan fingerprint density at radius 3 is 2.11 bits per heavy atom. The van der Waals surface area contributed by atoms with Gasteiger partial charge in [-0.1, -0.05) is 0 Å². The smallest absolute Gasteiger partial charge is 0.410 e. The average molecular weight is 271 g/mol. The second-order valence-electron chi connectivity index (χ2n) is 6.83. The Kier molecular flexibility index (Phi) is 4.48. The van der Waals surface area contributed by atoms with Gasteiger partial charge in [-0.25, -0.2) is 4.79 Å². The monoisotopic (exact) mass is 271 g/mol. The lowest BCUT2D eigenvalue weighted by Gasteiger charge is -2.42.